The Labute approximate surface area is 140 Å². The van der Waals surface area contributed by atoms with Crippen molar-refractivity contribution < 1.29 is 19.5 Å². The molecular formula is C18H22N2O4. The molecule has 1 fully saturated rings. The van der Waals surface area contributed by atoms with Gasteiger partial charge in [-0.05, 0) is 61.8 Å². The molecule has 0 aromatic heterocycles. The van der Waals surface area contributed by atoms with E-state index in [-0.39, 0.29) is 11.8 Å². The number of amides is 2. The zero-order chi connectivity index (χ0) is 17.3. The normalized spacial score (nSPS) is 26.2. The van der Waals surface area contributed by atoms with E-state index in [2.05, 4.69) is 17.6 Å². The molecule has 0 atom stereocenters. The quantitative estimate of drug-likeness (QED) is 0.792. The molecule has 3 rings (SSSR count). The van der Waals surface area contributed by atoms with Gasteiger partial charge in [-0.3, -0.25) is 9.59 Å². The summed E-state index contributed by atoms with van der Waals surface area (Å²) in [5.74, 6) is -0.873. The third-order valence-electron chi connectivity index (χ3n) is 5.15. The predicted octanol–water partition coefficient (Wildman–Crippen LogP) is 2.33. The van der Waals surface area contributed by atoms with Crippen LogP contribution < -0.4 is 10.6 Å². The van der Waals surface area contributed by atoms with E-state index < -0.39 is 11.5 Å². The molecule has 0 saturated heterocycles. The van der Waals surface area contributed by atoms with Gasteiger partial charge in [-0.2, -0.15) is 0 Å². The number of hydrogen-bond donors (Lipinski definition) is 3. The molecule has 1 saturated carbocycles. The molecule has 1 aromatic carbocycles. The Balaban J connectivity index is 1.79. The van der Waals surface area contributed by atoms with E-state index in [1.54, 1.807) is 18.2 Å². The third-order valence-corrected chi connectivity index (χ3v) is 5.15. The minimum atomic E-state index is -1.17. The van der Waals surface area contributed by atoms with Gasteiger partial charge >= 0.3 is 5.97 Å². The van der Waals surface area contributed by atoms with Crippen molar-refractivity contribution in [3.8, 4) is 0 Å². The molecular weight excluding hydrogens is 308 g/mol. The maximum Gasteiger partial charge on any atom is 0.329 e. The Bertz CT molecular complexity index is 690. The van der Waals surface area contributed by atoms with Gasteiger partial charge in [0.25, 0.3) is 5.91 Å². The second-order valence-electron chi connectivity index (χ2n) is 6.94. The van der Waals surface area contributed by atoms with Gasteiger partial charge in [0, 0.05) is 17.7 Å². The second-order valence-corrected chi connectivity index (χ2v) is 6.94. The number of benzene rings is 1. The Kier molecular flexibility index (Phi) is 4.30. The Morgan fingerprint density at radius 3 is 2.62 bits per heavy atom. The van der Waals surface area contributed by atoms with Crippen LogP contribution in [0, 0.1) is 5.92 Å². The third kappa shape index (κ3) is 3.13. The molecule has 1 heterocycles. The van der Waals surface area contributed by atoms with E-state index in [1.165, 1.54) is 0 Å². The highest BCUT2D eigenvalue weighted by Crippen LogP contribution is 2.33. The van der Waals surface area contributed by atoms with Crippen LogP contribution in [0.4, 0.5) is 5.69 Å². The van der Waals surface area contributed by atoms with Crippen molar-refractivity contribution in [1.82, 2.24) is 5.32 Å². The fraction of sp³-hybridized carbons (Fsp3) is 0.500. The van der Waals surface area contributed by atoms with Crippen LogP contribution in [0.15, 0.2) is 18.2 Å². The van der Waals surface area contributed by atoms with Crippen molar-refractivity contribution in [2.45, 2.75) is 51.0 Å². The summed E-state index contributed by atoms with van der Waals surface area (Å²) in [6.45, 7) is 2.10. The first-order valence-corrected chi connectivity index (χ1v) is 8.38. The van der Waals surface area contributed by atoms with Crippen LogP contribution in [-0.2, 0) is 16.0 Å². The molecule has 6 nitrogen and oxygen atoms in total. The van der Waals surface area contributed by atoms with E-state index in [0.29, 0.717) is 37.2 Å². The number of rotatable bonds is 3. The molecule has 1 aliphatic carbocycles. The zero-order valence-electron chi connectivity index (χ0n) is 13.7. The fourth-order valence-electron chi connectivity index (χ4n) is 3.46. The summed E-state index contributed by atoms with van der Waals surface area (Å²) in [7, 11) is 0. The minimum absolute atomic E-state index is 0.0270. The maximum absolute atomic E-state index is 12.6. The van der Waals surface area contributed by atoms with Crippen LogP contribution in [0.5, 0.6) is 0 Å². The summed E-state index contributed by atoms with van der Waals surface area (Å²) in [5, 5.41) is 15.2. The number of fused-ring (bicyclic) bond motifs is 1. The van der Waals surface area contributed by atoms with Crippen LogP contribution >= 0.6 is 0 Å². The van der Waals surface area contributed by atoms with Gasteiger partial charge in [0.2, 0.25) is 5.91 Å². The first-order chi connectivity index (χ1) is 11.4. The van der Waals surface area contributed by atoms with E-state index in [0.717, 1.165) is 24.1 Å². The Hall–Kier alpha value is -2.37. The molecule has 6 heteroatoms. The number of carboxylic acids is 1. The highest BCUT2D eigenvalue weighted by atomic mass is 16.4. The first kappa shape index (κ1) is 16.5. The van der Waals surface area contributed by atoms with Gasteiger partial charge in [-0.25, -0.2) is 4.79 Å². The van der Waals surface area contributed by atoms with E-state index in [4.69, 9.17) is 0 Å². The topological polar surface area (TPSA) is 95.5 Å². The van der Waals surface area contributed by atoms with Crippen LogP contribution in [0.3, 0.4) is 0 Å². The van der Waals surface area contributed by atoms with Gasteiger partial charge in [-0.1, -0.05) is 6.92 Å². The van der Waals surface area contributed by atoms with Gasteiger partial charge in [0.1, 0.15) is 5.54 Å². The summed E-state index contributed by atoms with van der Waals surface area (Å²) in [6.07, 6.45) is 3.48. The number of carbonyl (C=O) groups excluding carboxylic acids is 2. The molecule has 128 valence electrons. The Morgan fingerprint density at radius 1 is 1.25 bits per heavy atom. The zero-order valence-corrected chi connectivity index (χ0v) is 13.7. The van der Waals surface area contributed by atoms with Crippen LogP contribution in [0.25, 0.3) is 0 Å². The van der Waals surface area contributed by atoms with Gasteiger partial charge < -0.3 is 15.7 Å². The predicted molar refractivity (Wildman–Crippen MR) is 88.9 cm³/mol. The number of hydrogen-bond acceptors (Lipinski definition) is 3. The van der Waals surface area contributed by atoms with Gasteiger partial charge in [-0.15, -0.1) is 0 Å². The molecule has 3 N–H and O–H groups in total. The largest absolute Gasteiger partial charge is 0.480 e. The van der Waals surface area contributed by atoms with Crippen molar-refractivity contribution in [3.63, 3.8) is 0 Å². The average Bonchev–Trinajstić information content (AvgIpc) is 2.56. The summed E-state index contributed by atoms with van der Waals surface area (Å²) < 4.78 is 0. The molecule has 0 radical (unpaired) electrons. The molecule has 0 bridgehead atoms. The van der Waals surface area contributed by atoms with Crippen molar-refractivity contribution in [2.75, 3.05) is 5.32 Å². The standard InChI is InChI=1S/C18H22N2O4/c1-11-6-8-18(9-7-11,17(23)24)20-16(22)13-2-4-14-12(10-13)3-5-15(21)19-14/h2,4,10-11H,3,5-9H2,1H3,(H,19,21)(H,20,22)(H,23,24). The monoisotopic (exact) mass is 330 g/mol. The maximum atomic E-state index is 12.6. The van der Waals surface area contributed by atoms with Crippen molar-refractivity contribution in [3.05, 3.63) is 29.3 Å². The van der Waals surface area contributed by atoms with Crippen molar-refractivity contribution >= 4 is 23.5 Å². The lowest BCUT2D eigenvalue weighted by molar-refractivity contribution is -0.146. The lowest BCUT2D eigenvalue weighted by Crippen LogP contribution is -2.56. The van der Waals surface area contributed by atoms with Crippen LogP contribution in [0.2, 0.25) is 0 Å². The second kappa shape index (κ2) is 6.26. The van der Waals surface area contributed by atoms with E-state index >= 15 is 0 Å². The van der Waals surface area contributed by atoms with E-state index in [9.17, 15) is 19.5 Å². The molecule has 0 unspecified atom stereocenters. The first-order valence-electron chi connectivity index (χ1n) is 8.38. The molecule has 0 spiro atoms. The number of aryl methyl sites for hydroxylation is 1. The van der Waals surface area contributed by atoms with Gasteiger partial charge in [0.15, 0.2) is 0 Å². The SMILES string of the molecule is CC1CCC(NC(=O)c2ccc3c(c2)CCC(=O)N3)(C(=O)O)CC1. The van der Waals surface area contributed by atoms with Crippen LogP contribution in [-0.4, -0.2) is 28.4 Å². The van der Waals surface area contributed by atoms with Crippen molar-refractivity contribution in [1.29, 1.82) is 0 Å². The molecule has 2 aliphatic rings. The highest BCUT2D eigenvalue weighted by molar-refractivity contribution is 6.00. The number of anilines is 1. The lowest BCUT2D eigenvalue weighted by Gasteiger charge is -2.36. The van der Waals surface area contributed by atoms with Gasteiger partial charge in [0.05, 0.1) is 0 Å². The molecule has 1 aromatic rings. The summed E-state index contributed by atoms with van der Waals surface area (Å²) in [4.78, 5) is 35.7. The average molecular weight is 330 g/mol. The highest BCUT2D eigenvalue weighted by Gasteiger charge is 2.42. The lowest BCUT2D eigenvalue weighted by atomic mass is 9.77. The summed E-state index contributed by atoms with van der Waals surface area (Å²) >= 11 is 0. The smallest absolute Gasteiger partial charge is 0.329 e. The summed E-state index contributed by atoms with van der Waals surface area (Å²) in [5.41, 5.74) is 0.892. The Morgan fingerprint density at radius 2 is 1.96 bits per heavy atom. The van der Waals surface area contributed by atoms with Crippen molar-refractivity contribution in [2.24, 2.45) is 5.92 Å². The number of nitrogens with one attached hydrogen (secondary N) is 2. The molecule has 1 aliphatic heterocycles. The molecule has 24 heavy (non-hydrogen) atoms. The fourth-order valence-corrected chi connectivity index (χ4v) is 3.46. The van der Waals surface area contributed by atoms with Crippen LogP contribution in [0.1, 0.15) is 54.9 Å². The van der Waals surface area contributed by atoms with E-state index in [1.807, 2.05) is 0 Å². The number of carbonyl (C=O) groups is 3. The molecule has 2 amide bonds. The number of carboxylic acid groups (broad SMARTS) is 1. The summed E-state index contributed by atoms with van der Waals surface area (Å²) in [6, 6.07) is 5.07. The minimum Gasteiger partial charge on any atom is -0.480 e. The number of aliphatic carboxylic acids is 1.